The van der Waals surface area contributed by atoms with Crippen molar-refractivity contribution in [2.24, 2.45) is 5.92 Å². The van der Waals surface area contributed by atoms with Gasteiger partial charge in [0.25, 0.3) is 11.1 Å². The van der Waals surface area contributed by atoms with E-state index >= 15 is 0 Å². The smallest absolute Gasteiger partial charge is 0.298 e. The van der Waals surface area contributed by atoms with Crippen molar-refractivity contribution in [3.05, 3.63) is 70.2 Å². The van der Waals surface area contributed by atoms with E-state index in [0.717, 1.165) is 39.7 Å². The Bertz CT molecular complexity index is 1120. The summed E-state index contributed by atoms with van der Waals surface area (Å²) in [5, 5.41) is 1.10. The second-order valence-electron chi connectivity index (χ2n) is 7.12. The highest BCUT2D eigenvalue weighted by Gasteiger charge is 2.37. The van der Waals surface area contributed by atoms with E-state index in [1.807, 2.05) is 24.4 Å². The van der Waals surface area contributed by atoms with Gasteiger partial charge in [0.15, 0.2) is 0 Å². The third kappa shape index (κ3) is 3.36. The number of carbonyl (C=O) groups is 2. The van der Waals surface area contributed by atoms with Gasteiger partial charge < -0.3 is 4.57 Å². The summed E-state index contributed by atoms with van der Waals surface area (Å²) in [4.78, 5) is 27.0. The molecule has 6 heteroatoms. The minimum Gasteiger partial charge on any atom is -0.347 e. The third-order valence-electron chi connectivity index (χ3n) is 4.55. The first-order chi connectivity index (χ1) is 13.5. The van der Waals surface area contributed by atoms with E-state index < -0.39 is 0 Å². The quantitative estimate of drug-likeness (QED) is 0.481. The first-order valence-corrected chi connectivity index (χ1v) is 10.3. The number of rotatable bonds is 4. The molecular weight excluding hydrogens is 392 g/mol. The Hall–Kier alpha value is -2.50. The maximum Gasteiger partial charge on any atom is 0.298 e. The molecule has 1 saturated heterocycles. The van der Waals surface area contributed by atoms with E-state index in [2.05, 4.69) is 24.5 Å². The third-order valence-corrected chi connectivity index (χ3v) is 5.74. The predicted octanol–water partition coefficient (Wildman–Crippen LogP) is 6.19. The summed E-state index contributed by atoms with van der Waals surface area (Å²) in [7, 11) is 0. The van der Waals surface area contributed by atoms with Crippen LogP contribution in [0.5, 0.6) is 0 Å². The van der Waals surface area contributed by atoms with Gasteiger partial charge in [-0.25, -0.2) is 4.90 Å². The van der Waals surface area contributed by atoms with E-state index in [9.17, 15) is 9.59 Å². The van der Waals surface area contributed by atoms with Crippen LogP contribution in [0.4, 0.5) is 10.5 Å². The van der Waals surface area contributed by atoms with Gasteiger partial charge >= 0.3 is 0 Å². The van der Waals surface area contributed by atoms with Crippen molar-refractivity contribution >= 4 is 57.2 Å². The molecule has 0 unspecified atom stereocenters. The molecule has 0 bridgehead atoms. The normalized spacial score (nSPS) is 16.1. The number of thioether (sulfide) groups is 1. The zero-order valence-electron chi connectivity index (χ0n) is 15.6. The molecule has 0 radical (unpaired) electrons. The molecule has 2 amide bonds. The second kappa shape index (κ2) is 7.49. The second-order valence-corrected chi connectivity index (χ2v) is 8.52. The highest BCUT2D eigenvalue weighted by Crippen LogP contribution is 2.39. The van der Waals surface area contributed by atoms with E-state index in [4.69, 9.17) is 11.6 Å². The molecule has 28 heavy (non-hydrogen) atoms. The number of aromatic nitrogens is 1. The highest BCUT2D eigenvalue weighted by atomic mass is 35.5. The molecular formula is C22H19ClN2O2S. The fraction of sp³-hybridized carbons (Fsp3) is 0.182. The SMILES string of the molecule is CC(C)Cn1cc(/C=C2\SC(=O)N(c3ccccc3Cl)C2=O)c2ccccc21. The van der Waals surface area contributed by atoms with Crippen LogP contribution in [0.1, 0.15) is 19.4 Å². The Morgan fingerprint density at radius 2 is 1.79 bits per heavy atom. The molecule has 1 aliphatic rings. The summed E-state index contributed by atoms with van der Waals surface area (Å²) < 4.78 is 2.20. The number of halogens is 1. The van der Waals surface area contributed by atoms with Gasteiger partial charge in [0.1, 0.15) is 0 Å². The van der Waals surface area contributed by atoms with Crippen molar-refractivity contribution in [3.63, 3.8) is 0 Å². The van der Waals surface area contributed by atoms with Crippen LogP contribution >= 0.6 is 23.4 Å². The summed E-state index contributed by atoms with van der Waals surface area (Å²) in [6.45, 7) is 5.22. The van der Waals surface area contributed by atoms with Gasteiger partial charge in [0.2, 0.25) is 0 Å². The molecule has 2 aromatic carbocycles. The van der Waals surface area contributed by atoms with Crippen LogP contribution in [-0.4, -0.2) is 15.7 Å². The molecule has 2 heterocycles. The number of hydrogen-bond acceptors (Lipinski definition) is 3. The molecule has 1 fully saturated rings. The van der Waals surface area contributed by atoms with Gasteiger partial charge in [0, 0.05) is 29.2 Å². The fourth-order valence-corrected chi connectivity index (χ4v) is 4.43. The number of amides is 2. The Labute approximate surface area is 172 Å². The lowest BCUT2D eigenvalue weighted by atomic mass is 10.1. The summed E-state index contributed by atoms with van der Waals surface area (Å²) >= 11 is 7.14. The molecule has 0 aliphatic carbocycles. The lowest BCUT2D eigenvalue weighted by Gasteiger charge is -2.13. The van der Waals surface area contributed by atoms with Gasteiger partial charge in [0.05, 0.1) is 15.6 Å². The maximum absolute atomic E-state index is 12.9. The number of fused-ring (bicyclic) bond motifs is 1. The van der Waals surface area contributed by atoms with Gasteiger partial charge in [-0.2, -0.15) is 0 Å². The standard InChI is InChI=1S/C22H19ClN2O2S/c1-14(2)12-24-13-15(16-7-3-5-9-18(16)24)11-20-21(26)25(22(27)28-20)19-10-6-4-8-17(19)23/h3-11,13-14H,12H2,1-2H3/b20-11-. The molecule has 4 rings (SSSR count). The lowest BCUT2D eigenvalue weighted by Crippen LogP contribution is -2.27. The van der Waals surface area contributed by atoms with Crippen LogP contribution in [0, 0.1) is 5.92 Å². The van der Waals surface area contributed by atoms with Crippen molar-refractivity contribution in [3.8, 4) is 0 Å². The summed E-state index contributed by atoms with van der Waals surface area (Å²) in [6.07, 6.45) is 3.86. The van der Waals surface area contributed by atoms with Gasteiger partial charge in [-0.15, -0.1) is 0 Å². The molecule has 0 N–H and O–H groups in total. The largest absolute Gasteiger partial charge is 0.347 e. The molecule has 4 nitrogen and oxygen atoms in total. The molecule has 1 aromatic heterocycles. The topological polar surface area (TPSA) is 42.3 Å². The number of benzene rings is 2. The predicted molar refractivity (Wildman–Crippen MR) is 117 cm³/mol. The molecule has 0 spiro atoms. The summed E-state index contributed by atoms with van der Waals surface area (Å²) in [6, 6.07) is 15.0. The number of imide groups is 1. The van der Waals surface area contributed by atoms with Crippen molar-refractivity contribution < 1.29 is 9.59 Å². The summed E-state index contributed by atoms with van der Waals surface area (Å²) in [5.41, 5.74) is 2.46. The zero-order chi connectivity index (χ0) is 19.8. The average molecular weight is 411 g/mol. The summed E-state index contributed by atoms with van der Waals surface area (Å²) in [5.74, 6) is 0.153. The van der Waals surface area contributed by atoms with Crippen LogP contribution in [0.25, 0.3) is 17.0 Å². The first-order valence-electron chi connectivity index (χ1n) is 9.06. The van der Waals surface area contributed by atoms with E-state index in [1.165, 1.54) is 0 Å². The molecule has 0 atom stereocenters. The Kier molecular flexibility index (Phi) is 5.04. The van der Waals surface area contributed by atoms with Crippen LogP contribution in [0.15, 0.2) is 59.6 Å². The van der Waals surface area contributed by atoms with Gasteiger partial charge in [-0.05, 0) is 42.0 Å². The Morgan fingerprint density at radius 3 is 2.54 bits per heavy atom. The van der Waals surface area contributed by atoms with Crippen molar-refractivity contribution in [2.45, 2.75) is 20.4 Å². The minimum absolute atomic E-state index is 0.338. The van der Waals surface area contributed by atoms with Crippen LogP contribution in [0.2, 0.25) is 5.02 Å². The number of carbonyl (C=O) groups excluding carboxylic acids is 2. The monoisotopic (exact) mass is 410 g/mol. The molecule has 3 aromatic rings. The highest BCUT2D eigenvalue weighted by molar-refractivity contribution is 8.19. The fourth-order valence-electron chi connectivity index (χ4n) is 3.38. The van der Waals surface area contributed by atoms with Crippen molar-refractivity contribution in [1.29, 1.82) is 0 Å². The molecule has 0 saturated carbocycles. The maximum atomic E-state index is 12.9. The number of hydrogen-bond donors (Lipinski definition) is 0. The average Bonchev–Trinajstić information content (AvgIpc) is 3.13. The van der Waals surface area contributed by atoms with Gasteiger partial charge in [-0.1, -0.05) is 55.8 Å². The number of anilines is 1. The Morgan fingerprint density at radius 1 is 1.07 bits per heavy atom. The minimum atomic E-state index is -0.344. The van der Waals surface area contributed by atoms with Crippen LogP contribution in [0.3, 0.4) is 0 Å². The lowest BCUT2D eigenvalue weighted by molar-refractivity contribution is -0.113. The first kappa shape index (κ1) is 18.8. The van der Waals surface area contributed by atoms with E-state index in [0.29, 0.717) is 21.5 Å². The number of para-hydroxylation sites is 2. The van der Waals surface area contributed by atoms with Crippen molar-refractivity contribution in [1.82, 2.24) is 4.57 Å². The van der Waals surface area contributed by atoms with Crippen LogP contribution in [-0.2, 0) is 11.3 Å². The zero-order valence-corrected chi connectivity index (χ0v) is 17.1. The Balaban J connectivity index is 1.75. The van der Waals surface area contributed by atoms with Crippen molar-refractivity contribution in [2.75, 3.05) is 4.90 Å². The van der Waals surface area contributed by atoms with E-state index in [1.54, 1.807) is 30.3 Å². The number of nitrogens with zero attached hydrogens (tertiary/aromatic N) is 2. The van der Waals surface area contributed by atoms with E-state index in [-0.39, 0.29) is 11.1 Å². The van der Waals surface area contributed by atoms with Gasteiger partial charge in [-0.3, -0.25) is 9.59 Å². The van der Waals surface area contributed by atoms with Crippen LogP contribution < -0.4 is 4.90 Å². The molecule has 1 aliphatic heterocycles. The molecule has 142 valence electrons.